The lowest BCUT2D eigenvalue weighted by Crippen LogP contribution is -2.43. The van der Waals surface area contributed by atoms with E-state index in [9.17, 15) is 14.4 Å². The van der Waals surface area contributed by atoms with Crippen LogP contribution in [0.4, 0.5) is 21.9 Å². The number of carbonyl (C=O) groups is 3. The zero-order chi connectivity index (χ0) is 24.2. The monoisotopic (exact) mass is 468 g/mol. The fraction of sp³-hybridized carbons (Fsp3) is 0.250. The van der Waals surface area contributed by atoms with Crippen LogP contribution >= 0.6 is 0 Å². The number of likely N-dealkylation sites (tertiary alicyclic amines) is 1. The lowest BCUT2D eigenvalue weighted by Gasteiger charge is -2.31. The minimum Gasteiger partial charge on any atom is -0.326 e. The number of anilines is 3. The standard InChI is InChI=1S/C28H28N4O3/c33-26(21-14-17-31(18-15-21)28(35)30-23-7-2-1-3-8-23)29-24-12-10-22(11-13-24)27(34)32-19-16-20-6-4-5-9-25(20)32/h1-13,21H,14-19H2,(H,29,33)(H,30,35). The molecule has 0 aliphatic carbocycles. The van der Waals surface area contributed by atoms with E-state index in [0.29, 0.717) is 43.7 Å². The molecule has 7 nitrogen and oxygen atoms in total. The van der Waals surface area contributed by atoms with Gasteiger partial charge < -0.3 is 20.4 Å². The maximum absolute atomic E-state index is 13.0. The number of rotatable bonds is 4. The van der Waals surface area contributed by atoms with E-state index in [4.69, 9.17) is 0 Å². The van der Waals surface area contributed by atoms with Gasteiger partial charge in [0, 0.05) is 48.2 Å². The number of fused-ring (bicyclic) bond motifs is 1. The van der Waals surface area contributed by atoms with Crippen molar-refractivity contribution in [2.24, 2.45) is 5.92 Å². The molecule has 35 heavy (non-hydrogen) atoms. The van der Waals surface area contributed by atoms with Crippen molar-refractivity contribution < 1.29 is 14.4 Å². The number of hydrogen-bond acceptors (Lipinski definition) is 3. The molecule has 3 aromatic rings. The number of hydrogen-bond donors (Lipinski definition) is 2. The Kier molecular flexibility index (Phi) is 6.48. The first-order valence-corrected chi connectivity index (χ1v) is 12.0. The van der Waals surface area contributed by atoms with Gasteiger partial charge in [-0.15, -0.1) is 0 Å². The lowest BCUT2D eigenvalue weighted by molar-refractivity contribution is -0.121. The van der Waals surface area contributed by atoms with Crippen molar-refractivity contribution in [1.82, 2.24) is 4.90 Å². The summed E-state index contributed by atoms with van der Waals surface area (Å²) < 4.78 is 0. The fourth-order valence-corrected chi connectivity index (χ4v) is 4.71. The maximum atomic E-state index is 13.0. The number of urea groups is 1. The number of carbonyl (C=O) groups excluding carboxylic acids is 3. The summed E-state index contributed by atoms with van der Waals surface area (Å²) in [6, 6.07) is 24.2. The fourth-order valence-electron chi connectivity index (χ4n) is 4.71. The topological polar surface area (TPSA) is 81.8 Å². The number of nitrogens with zero attached hydrogens (tertiary/aromatic N) is 2. The lowest BCUT2D eigenvalue weighted by atomic mass is 9.96. The average Bonchev–Trinajstić information content (AvgIpc) is 3.33. The van der Waals surface area contributed by atoms with Crippen molar-refractivity contribution in [2.75, 3.05) is 35.2 Å². The molecule has 2 aliphatic heterocycles. The molecule has 2 heterocycles. The summed E-state index contributed by atoms with van der Waals surface area (Å²) in [6.45, 7) is 1.74. The van der Waals surface area contributed by atoms with Gasteiger partial charge in [-0.1, -0.05) is 36.4 Å². The Morgan fingerprint density at radius 3 is 2.11 bits per heavy atom. The summed E-state index contributed by atoms with van der Waals surface area (Å²) in [4.78, 5) is 41.8. The maximum Gasteiger partial charge on any atom is 0.321 e. The molecule has 0 aromatic heterocycles. The van der Waals surface area contributed by atoms with Crippen LogP contribution < -0.4 is 15.5 Å². The van der Waals surface area contributed by atoms with Crippen molar-refractivity contribution >= 4 is 34.9 Å². The second-order valence-electron chi connectivity index (χ2n) is 8.96. The smallest absolute Gasteiger partial charge is 0.321 e. The van der Waals surface area contributed by atoms with Crippen LogP contribution in [-0.2, 0) is 11.2 Å². The molecule has 0 bridgehead atoms. The Labute approximate surface area is 204 Å². The molecular formula is C28H28N4O3. The highest BCUT2D eigenvalue weighted by atomic mass is 16.2. The first-order valence-electron chi connectivity index (χ1n) is 12.0. The van der Waals surface area contributed by atoms with Crippen molar-refractivity contribution in [3.63, 3.8) is 0 Å². The quantitative estimate of drug-likeness (QED) is 0.579. The zero-order valence-electron chi connectivity index (χ0n) is 19.4. The van der Waals surface area contributed by atoms with Gasteiger partial charge in [-0.2, -0.15) is 0 Å². The number of amides is 4. The van der Waals surface area contributed by atoms with Crippen molar-refractivity contribution in [2.45, 2.75) is 19.3 Å². The third kappa shape index (κ3) is 5.04. The molecule has 0 unspecified atom stereocenters. The molecule has 1 fully saturated rings. The van der Waals surface area contributed by atoms with E-state index in [1.54, 1.807) is 29.2 Å². The van der Waals surface area contributed by atoms with Crippen LogP contribution in [0.1, 0.15) is 28.8 Å². The van der Waals surface area contributed by atoms with Gasteiger partial charge in [0.25, 0.3) is 5.91 Å². The first-order chi connectivity index (χ1) is 17.1. The average molecular weight is 469 g/mol. The van der Waals surface area contributed by atoms with Crippen LogP contribution in [-0.4, -0.2) is 42.4 Å². The van der Waals surface area contributed by atoms with E-state index in [1.165, 1.54) is 5.56 Å². The molecule has 2 N–H and O–H groups in total. The predicted molar refractivity (Wildman–Crippen MR) is 137 cm³/mol. The summed E-state index contributed by atoms with van der Waals surface area (Å²) in [5, 5.41) is 5.86. The van der Waals surface area contributed by atoms with Crippen LogP contribution in [0.5, 0.6) is 0 Å². The van der Waals surface area contributed by atoms with Crippen LogP contribution in [0, 0.1) is 5.92 Å². The molecule has 3 aromatic carbocycles. The van der Waals surface area contributed by atoms with Gasteiger partial charge in [0.1, 0.15) is 0 Å². The number of para-hydroxylation sites is 2. The molecule has 7 heteroatoms. The Bertz CT molecular complexity index is 1220. The first kappa shape index (κ1) is 22.7. The Hall–Kier alpha value is -4.13. The molecule has 2 aliphatic rings. The Balaban J connectivity index is 1.13. The van der Waals surface area contributed by atoms with E-state index in [2.05, 4.69) is 16.7 Å². The van der Waals surface area contributed by atoms with Crippen LogP contribution in [0.2, 0.25) is 0 Å². The minimum absolute atomic E-state index is 0.0334. The molecule has 1 saturated heterocycles. The number of benzene rings is 3. The number of nitrogens with one attached hydrogen (secondary N) is 2. The van der Waals surface area contributed by atoms with E-state index < -0.39 is 0 Å². The largest absolute Gasteiger partial charge is 0.326 e. The van der Waals surface area contributed by atoms with Gasteiger partial charge in [-0.05, 0) is 67.3 Å². The molecule has 0 radical (unpaired) electrons. The molecule has 178 valence electrons. The summed E-state index contributed by atoms with van der Waals surface area (Å²) in [7, 11) is 0. The highest BCUT2D eigenvalue weighted by molar-refractivity contribution is 6.07. The molecule has 0 saturated carbocycles. The summed E-state index contributed by atoms with van der Waals surface area (Å²) in [5.41, 5.74) is 4.18. The molecule has 0 atom stereocenters. The normalized spacial score (nSPS) is 15.4. The molecule has 4 amide bonds. The molecule has 5 rings (SSSR count). The van der Waals surface area contributed by atoms with E-state index in [-0.39, 0.29) is 23.8 Å². The van der Waals surface area contributed by atoms with Gasteiger partial charge in [0.15, 0.2) is 0 Å². The van der Waals surface area contributed by atoms with Crippen molar-refractivity contribution in [3.8, 4) is 0 Å². The molecule has 0 spiro atoms. The third-order valence-corrected chi connectivity index (χ3v) is 6.71. The summed E-state index contributed by atoms with van der Waals surface area (Å²) in [5.74, 6) is -0.243. The Morgan fingerprint density at radius 2 is 1.37 bits per heavy atom. The SMILES string of the molecule is O=C(Nc1ccc(C(=O)N2CCc3ccccc32)cc1)C1CCN(C(=O)Nc2ccccc2)CC1. The van der Waals surface area contributed by atoms with E-state index in [1.807, 2.05) is 53.4 Å². The van der Waals surface area contributed by atoms with Crippen molar-refractivity contribution in [3.05, 3.63) is 90.0 Å². The van der Waals surface area contributed by atoms with Gasteiger partial charge in [-0.3, -0.25) is 9.59 Å². The van der Waals surface area contributed by atoms with Crippen LogP contribution in [0.3, 0.4) is 0 Å². The van der Waals surface area contributed by atoms with Crippen LogP contribution in [0.15, 0.2) is 78.9 Å². The number of piperidine rings is 1. The minimum atomic E-state index is -0.154. The van der Waals surface area contributed by atoms with Gasteiger partial charge in [0.05, 0.1) is 0 Å². The summed E-state index contributed by atoms with van der Waals surface area (Å²) >= 11 is 0. The predicted octanol–water partition coefficient (Wildman–Crippen LogP) is 4.77. The van der Waals surface area contributed by atoms with E-state index in [0.717, 1.165) is 17.8 Å². The third-order valence-electron chi connectivity index (χ3n) is 6.71. The summed E-state index contributed by atoms with van der Waals surface area (Å²) in [6.07, 6.45) is 2.08. The highest BCUT2D eigenvalue weighted by Gasteiger charge is 2.28. The highest BCUT2D eigenvalue weighted by Crippen LogP contribution is 2.29. The second kappa shape index (κ2) is 10.0. The van der Waals surface area contributed by atoms with Crippen LogP contribution in [0.25, 0.3) is 0 Å². The van der Waals surface area contributed by atoms with Gasteiger partial charge in [-0.25, -0.2) is 4.79 Å². The van der Waals surface area contributed by atoms with Crippen molar-refractivity contribution in [1.29, 1.82) is 0 Å². The van der Waals surface area contributed by atoms with Gasteiger partial charge in [0.2, 0.25) is 5.91 Å². The van der Waals surface area contributed by atoms with Gasteiger partial charge >= 0.3 is 6.03 Å². The van der Waals surface area contributed by atoms with E-state index >= 15 is 0 Å². The second-order valence-corrected chi connectivity index (χ2v) is 8.96. The Morgan fingerprint density at radius 1 is 0.714 bits per heavy atom. The zero-order valence-corrected chi connectivity index (χ0v) is 19.4. The molecular weight excluding hydrogens is 440 g/mol.